The van der Waals surface area contributed by atoms with Crippen LogP contribution in [-0.4, -0.2) is 10.8 Å². The van der Waals surface area contributed by atoms with Crippen molar-refractivity contribution >= 4 is 5.78 Å². The van der Waals surface area contributed by atoms with Crippen LogP contribution in [0.4, 0.5) is 0 Å². The number of hydrogen-bond acceptors (Lipinski definition) is 2. The average Bonchev–Trinajstić information content (AvgIpc) is 2.49. The number of nitrogens with zero attached hydrogens (tertiary/aromatic N) is 1. The first-order valence-corrected chi connectivity index (χ1v) is 4.42. The van der Waals surface area contributed by atoms with E-state index >= 15 is 0 Å². The lowest BCUT2D eigenvalue weighted by atomic mass is 9.99. The van der Waals surface area contributed by atoms with E-state index < -0.39 is 0 Å². The second-order valence-corrected chi connectivity index (χ2v) is 3.29. The number of Topliss-reactive ketones (excluding diaryl/α,β-unsaturated/α-hetero) is 1. The topological polar surface area (TPSA) is 30.0 Å². The highest BCUT2D eigenvalue weighted by Gasteiger charge is 2.28. The molecule has 1 atom stereocenters. The van der Waals surface area contributed by atoms with Crippen LogP contribution in [-0.2, 0) is 4.79 Å². The van der Waals surface area contributed by atoms with Gasteiger partial charge in [0.05, 0.1) is 0 Å². The van der Waals surface area contributed by atoms with Crippen molar-refractivity contribution in [3.8, 4) is 0 Å². The van der Waals surface area contributed by atoms with Crippen molar-refractivity contribution in [2.75, 3.05) is 0 Å². The number of rotatable bonds is 1. The molecule has 0 saturated heterocycles. The highest BCUT2D eigenvalue weighted by atomic mass is 16.1. The molecule has 1 fully saturated rings. The fraction of sp³-hybridized carbons (Fsp3) is 0.273. The monoisotopic (exact) mass is 173 g/mol. The van der Waals surface area contributed by atoms with Gasteiger partial charge >= 0.3 is 0 Å². The van der Waals surface area contributed by atoms with E-state index in [1.807, 2.05) is 18.2 Å². The Labute approximate surface area is 77.3 Å². The zero-order valence-corrected chi connectivity index (χ0v) is 7.36. The van der Waals surface area contributed by atoms with Crippen LogP contribution in [0, 0.1) is 0 Å². The summed E-state index contributed by atoms with van der Waals surface area (Å²) in [4.78, 5) is 15.5. The normalized spacial score (nSPS) is 22.3. The molecule has 1 aromatic heterocycles. The van der Waals surface area contributed by atoms with Crippen LogP contribution in [0.1, 0.15) is 24.5 Å². The van der Waals surface area contributed by atoms with Gasteiger partial charge in [0.25, 0.3) is 0 Å². The molecule has 0 amide bonds. The first-order chi connectivity index (χ1) is 6.29. The van der Waals surface area contributed by atoms with E-state index in [1.165, 1.54) is 0 Å². The van der Waals surface area contributed by atoms with Gasteiger partial charge in [-0.05, 0) is 24.1 Å². The third kappa shape index (κ3) is 1.39. The van der Waals surface area contributed by atoms with Gasteiger partial charge in [-0.1, -0.05) is 12.6 Å². The maximum Gasteiger partial charge on any atom is 0.158 e. The maximum absolute atomic E-state index is 11.2. The van der Waals surface area contributed by atoms with Crippen molar-refractivity contribution in [1.29, 1.82) is 0 Å². The van der Waals surface area contributed by atoms with Gasteiger partial charge in [-0.3, -0.25) is 9.78 Å². The van der Waals surface area contributed by atoms with Crippen LogP contribution in [0.2, 0.25) is 0 Å². The van der Waals surface area contributed by atoms with Crippen molar-refractivity contribution in [1.82, 2.24) is 4.98 Å². The van der Waals surface area contributed by atoms with E-state index in [-0.39, 0.29) is 11.7 Å². The summed E-state index contributed by atoms with van der Waals surface area (Å²) in [6.45, 7) is 3.80. The molecule has 1 saturated carbocycles. The molecule has 0 N–H and O–H groups in total. The SMILES string of the molecule is C=C1C(=O)CCC1c1ccccn1. The Balaban J connectivity index is 2.29. The largest absolute Gasteiger partial charge is 0.295 e. The summed E-state index contributed by atoms with van der Waals surface area (Å²) in [7, 11) is 0. The van der Waals surface area contributed by atoms with E-state index in [2.05, 4.69) is 11.6 Å². The minimum Gasteiger partial charge on any atom is -0.295 e. The van der Waals surface area contributed by atoms with Gasteiger partial charge in [0.2, 0.25) is 0 Å². The predicted molar refractivity (Wildman–Crippen MR) is 50.4 cm³/mol. The highest BCUT2D eigenvalue weighted by molar-refractivity contribution is 5.98. The number of carbonyl (C=O) groups is 1. The number of pyridine rings is 1. The van der Waals surface area contributed by atoms with Crippen LogP contribution in [0.15, 0.2) is 36.5 Å². The molecule has 0 spiro atoms. The molecule has 0 aromatic carbocycles. The van der Waals surface area contributed by atoms with Crippen molar-refractivity contribution in [3.63, 3.8) is 0 Å². The minimum absolute atomic E-state index is 0.161. The molecule has 0 bridgehead atoms. The lowest BCUT2D eigenvalue weighted by Gasteiger charge is -2.07. The molecule has 2 heteroatoms. The molecular weight excluding hydrogens is 162 g/mol. The first-order valence-electron chi connectivity index (χ1n) is 4.42. The van der Waals surface area contributed by atoms with Gasteiger partial charge in [-0.2, -0.15) is 0 Å². The molecule has 1 aromatic rings. The Hall–Kier alpha value is -1.44. The third-order valence-electron chi connectivity index (χ3n) is 2.48. The van der Waals surface area contributed by atoms with Crippen LogP contribution in [0.3, 0.4) is 0 Å². The molecule has 1 aliphatic carbocycles. The number of hydrogen-bond donors (Lipinski definition) is 0. The van der Waals surface area contributed by atoms with Gasteiger partial charge in [0.15, 0.2) is 5.78 Å². The quantitative estimate of drug-likeness (QED) is 0.608. The van der Waals surface area contributed by atoms with Crippen molar-refractivity contribution in [3.05, 3.63) is 42.2 Å². The van der Waals surface area contributed by atoms with Gasteiger partial charge in [0.1, 0.15) is 0 Å². The Kier molecular flexibility index (Phi) is 1.97. The lowest BCUT2D eigenvalue weighted by molar-refractivity contribution is -0.114. The van der Waals surface area contributed by atoms with Crippen LogP contribution >= 0.6 is 0 Å². The van der Waals surface area contributed by atoms with Crippen LogP contribution < -0.4 is 0 Å². The second kappa shape index (κ2) is 3.13. The van der Waals surface area contributed by atoms with Crippen LogP contribution in [0.25, 0.3) is 0 Å². The molecule has 66 valence electrons. The van der Waals surface area contributed by atoms with E-state index in [0.29, 0.717) is 6.42 Å². The Morgan fingerprint density at radius 3 is 2.85 bits per heavy atom. The molecule has 0 radical (unpaired) electrons. The number of carbonyl (C=O) groups excluding carboxylic acids is 1. The molecule has 1 unspecified atom stereocenters. The Morgan fingerprint density at radius 1 is 1.46 bits per heavy atom. The summed E-state index contributed by atoms with van der Waals surface area (Å²) in [6, 6.07) is 5.77. The van der Waals surface area contributed by atoms with Crippen LogP contribution in [0.5, 0.6) is 0 Å². The molecule has 1 heterocycles. The first kappa shape index (κ1) is 8.17. The van der Waals surface area contributed by atoms with Crippen molar-refractivity contribution in [2.45, 2.75) is 18.8 Å². The summed E-state index contributed by atoms with van der Waals surface area (Å²) >= 11 is 0. The smallest absolute Gasteiger partial charge is 0.158 e. The van der Waals surface area contributed by atoms with E-state index in [1.54, 1.807) is 6.20 Å². The van der Waals surface area contributed by atoms with E-state index in [9.17, 15) is 4.79 Å². The highest BCUT2D eigenvalue weighted by Crippen LogP contribution is 2.34. The van der Waals surface area contributed by atoms with Gasteiger partial charge in [-0.25, -0.2) is 0 Å². The fourth-order valence-corrected chi connectivity index (χ4v) is 1.71. The Bertz CT molecular complexity index is 342. The minimum atomic E-state index is 0.161. The molecular formula is C11H11NO. The zero-order chi connectivity index (χ0) is 9.26. The van der Waals surface area contributed by atoms with Gasteiger partial charge in [-0.15, -0.1) is 0 Å². The second-order valence-electron chi connectivity index (χ2n) is 3.29. The van der Waals surface area contributed by atoms with Gasteiger partial charge in [0, 0.05) is 24.2 Å². The number of ketones is 1. The summed E-state index contributed by atoms with van der Waals surface area (Å²) in [5.41, 5.74) is 1.69. The van der Waals surface area contributed by atoms with E-state index in [0.717, 1.165) is 17.7 Å². The molecule has 2 rings (SSSR count). The number of aromatic nitrogens is 1. The maximum atomic E-state index is 11.2. The summed E-state index contributed by atoms with van der Waals surface area (Å²) in [6.07, 6.45) is 3.25. The fourth-order valence-electron chi connectivity index (χ4n) is 1.71. The molecule has 1 aliphatic rings. The Morgan fingerprint density at radius 2 is 2.31 bits per heavy atom. The summed E-state index contributed by atoms with van der Waals surface area (Å²) in [5, 5.41) is 0. The van der Waals surface area contributed by atoms with E-state index in [4.69, 9.17) is 0 Å². The standard InChI is InChI=1S/C11H11NO/c1-8-9(5-6-11(8)13)10-4-2-3-7-12-10/h2-4,7,9H,1,5-6H2. The van der Waals surface area contributed by atoms with Crippen molar-refractivity contribution < 1.29 is 4.79 Å². The molecule has 0 aliphatic heterocycles. The predicted octanol–water partition coefficient (Wildman–Crippen LogP) is 2.08. The molecule has 13 heavy (non-hydrogen) atoms. The lowest BCUT2D eigenvalue weighted by Crippen LogP contribution is -2.00. The third-order valence-corrected chi connectivity index (χ3v) is 2.48. The van der Waals surface area contributed by atoms with Crippen molar-refractivity contribution in [2.24, 2.45) is 0 Å². The average molecular weight is 173 g/mol. The summed E-state index contributed by atoms with van der Waals surface area (Å²) in [5.74, 6) is 0.351. The molecule has 2 nitrogen and oxygen atoms in total. The number of allylic oxidation sites excluding steroid dienone is 1. The summed E-state index contributed by atoms with van der Waals surface area (Å²) < 4.78 is 0. The van der Waals surface area contributed by atoms with Gasteiger partial charge < -0.3 is 0 Å². The zero-order valence-electron chi connectivity index (χ0n) is 7.36.